The molecule has 7 heteroatoms. The zero-order chi connectivity index (χ0) is 18.2. The number of rotatable bonds is 5. The predicted molar refractivity (Wildman–Crippen MR) is 114 cm³/mol. The summed E-state index contributed by atoms with van der Waals surface area (Å²) >= 11 is 0. The van der Waals surface area contributed by atoms with Gasteiger partial charge in [0.05, 0.1) is 0 Å². The van der Waals surface area contributed by atoms with Gasteiger partial charge in [-0.15, -0.1) is 24.0 Å². The summed E-state index contributed by atoms with van der Waals surface area (Å²) in [5.74, 6) is 1.19. The summed E-state index contributed by atoms with van der Waals surface area (Å²) in [6.07, 6.45) is 2.75. The minimum absolute atomic E-state index is 0. The van der Waals surface area contributed by atoms with Crippen LogP contribution in [0, 0.1) is 18.7 Å². The fraction of sp³-hybridized carbons (Fsp3) is 0.579. The maximum Gasteiger partial charge on any atom is 0.224 e. The third-order valence-electron chi connectivity index (χ3n) is 4.56. The molecular weight excluding hydrogens is 446 g/mol. The van der Waals surface area contributed by atoms with Crippen molar-refractivity contribution in [1.29, 1.82) is 0 Å². The van der Waals surface area contributed by atoms with Gasteiger partial charge in [0.2, 0.25) is 5.91 Å². The number of hydrogen-bond acceptors (Lipinski definition) is 2. The van der Waals surface area contributed by atoms with Crippen molar-refractivity contribution < 1.29 is 9.18 Å². The van der Waals surface area contributed by atoms with Gasteiger partial charge in [0.15, 0.2) is 5.96 Å². The number of halogens is 2. The molecule has 2 N–H and O–H groups in total. The lowest BCUT2D eigenvalue weighted by atomic mass is 10.00. The molecule has 1 heterocycles. The van der Waals surface area contributed by atoms with Crippen LogP contribution in [0.2, 0.25) is 0 Å². The van der Waals surface area contributed by atoms with E-state index in [0.29, 0.717) is 37.0 Å². The van der Waals surface area contributed by atoms with E-state index in [1.54, 1.807) is 20.0 Å². The maximum absolute atomic E-state index is 13.6. The third-order valence-corrected chi connectivity index (χ3v) is 4.56. The van der Waals surface area contributed by atoms with E-state index in [4.69, 9.17) is 0 Å². The largest absolute Gasteiger partial charge is 0.356 e. The molecule has 1 aromatic rings. The normalized spacial score (nSPS) is 17.5. The summed E-state index contributed by atoms with van der Waals surface area (Å²) in [6, 6.07) is 5.18. The van der Waals surface area contributed by atoms with Gasteiger partial charge in [-0.05, 0) is 42.9 Å². The van der Waals surface area contributed by atoms with Crippen LogP contribution < -0.4 is 10.6 Å². The fourth-order valence-corrected chi connectivity index (χ4v) is 3.01. The third kappa shape index (κ3) is 7.09. The lowest BCUT2D eigenvalue weighted by Gasteiger charge is -2.31. The van der Waals surface area contributed by atoms with Crippen LogP contribution >= 0.6 is 24.0 Å². The van der Waals surface area contributed by atoms with E-state index < -0.39 is 0 Å². The molecule has 5 nitrogen and oxygen atoms in total. The van der Waals surface area contributed by atoms with Gasteiger partial charge in [0, 0.05) is 39.6 Å². The number of carbonyl (C=O) groups is 1. The second-order valence-corrected chi connectivity index (χ2v) is 6.77. The topological polar surface area (TPSA) is 56.7 Å². The number of nitrogens with one attached hydrogen (secondary N) is 2. The highest BCUT2D eigenvalue weighted by molar-refractivity contribution is 14.0. The number of likely N-dealkylation sites (tertiary alicyclic amines) is 1. The molecule has 1 aliphatic heterocycles. The minimum Gasteiger partial charge on any atom is -0.356 e. The molecule has 0 radical (unpaired) electrons. The van der Waals surface area contributed by atoms with Crippen molar-refractivity contribution in [2.24, 2.45) is 10.9 Å². The molecule has 0 bridgehead atoms. The van der Waals surface area contributed by atoms with E-state index in [9.17, 15) is 9.18 Å². The van der Waals surface area contributed by atoms with Crippen molar-refractivity contribution in [3.05, 3.63) is 35.1 Å². The highest BCUT2D eigenvalue weighted by Crippen LogP contribution is 2.15. The summed E-state index contributed by atoms with van der Waals surface area (Å²) in [5, 5.41) is 6.28. The van der Waals surface area contributed by atoms with Gasteiger partial charge in [0.25, 0.3) is 0 Å². The lowest BCUT2D eigenvalue weighted by molar-refractivity contribution is -0.132. The molecular formula is C19H30FIN4O. The maximum atomic E-state index is 13.6. The number of guanidine groups is 1. The van der Waals surface area contributed by atoms with Gasteiger partial charge in [-0.3, -0.25) is 9.79 Å². The molecule has 0 spiro atoms. The van der Waals surface area contributed by atoms with Crippen LogP contribution in [0.1, 0.15) is 37.3 Å². The van der Waals surface area contributed by atoms with Gasteiger partial charge < -0.3 is 15.5 Å². The molecule has 146 valence electrons. The Kier molecular flexibility index (Phi) is 9.90. The molecule has 0 saturated carbocycles. The highest BCUT2D eigenvalue weighted by Gasteiger charge is 2.20. The summed E-state index contributed by atoms with van der Waals surface area (Å²) in [4.78, 5) is 18.3. The molecule has 1 fully saturated rings. The average Bonchev–Trinajstić information content (AvgIpc) is 2.60. The summed E-state index contributed by atoms with van der Waals surface area (Å²) in [7, 11) is 1.68. The first kappa shape index (κ1) is 22.7. The van der Waals surface area contributed by atoms with Crippen LogP contribution in [0.3, 0.4) is 0 Å². The second-order valence-electron chi connectivity index (χ2n) is 6.77. The molecule has 0 aliphatic carbocycles. The molecule has 0 aromatic heterocycles. The summed E-state index contributed by atoms with van der Waals surface area (Å²) in [5.41, 5.74) is 1.49. The first-order chi connectivity index (χ1) is 12.0. The Labute approximate surface area is 172 Å². The number of hydrogen-bond donors (Lipinski definition) is 2. The number of aliphatic imine (C=N–C) groups is 1. The van der Waals surface area contributed by atoms with Crippen molar-refractivity contribution >= 4 is 35.8 Å². The lowest BCUT2D eigenvalue weighted by Crippen LogP contribution is -2.42. The van der Waals surface area contributed by atoms with Crippen molar-refractivity contribution in [2.45, 2.75) is 39.7 Å². The smallest absolute Gasteiger partial charge is 0.224 e. The quantitative estimate of drug-likeness (QED) is 0.390. The van der Waals surface area contributed by atoms with Crippen LogP contribution in [-0.2, 0) is 11.3 Å². The van der Waals surface area contributed by atoms with Crippen LogP contribution in [0.4, 0.5) is 4.39 Å². The van der Waals surface area contributed by atoms with Crippen molar-refractivity contribution in [1.82, 2.24) is 15.5 Å². The SMILES string of the molecule is CN=C(NCCC(=O)N1CCCC(C)C1)NCc1ccc(C)c(F)c1.I. The van der Waals surface area contributed by atoms with Gasteiger partial charge >= 0.3 is 0 Å². The summed E-state index contributed by atoms with van der Waals surface area (Å²) < 4.78 is 13.6. The van der Waals surface area contributed by atoms with Crippen molar-refractivity contribution in [2.75, 3.05) is 26.7 Å². The van der Waals surface area contributed by atoms with Gasteiger partial charge in [-0.1, -0.05) is 19.1 Å². The number of aryl methyl sites for hydroxylation is 1. The Morgan fingerprint density at radius 1 is 1.38 bits per heavy atom. The zero-order valence-electron chi connectivity index (χ0n) is 15.8. The number of benzene rings is 1. The monoisotopic (exact) mass is 476 g/mol. The van der Waals surface area contributed by atoms with Crippen molar-refractivity contribution in [3.63, 3.8) is 0 Å². The molecule has 1 unspecified atom stereocenters. The minimum atomic E-state index is -0.205. The Hall–Kier alpha value is -1.38. The van der Waals surface area contributed by atoms with Crippen LogP contribution in [0.25, 0.3) is 0 Å². The van der Waals surface area contributed by atoms with Gasteiger partial charge in [-0.2, -0.15) is 0 Å². The number of piperidine rings is 1. The number of amides is 1. The number of nitrogens with zero attached hydrogens (tertiary/aromatic N) is 2. The van der Waals surface area contributed by atoms with E-state index in [1.807, 2.05) is 11.0 Å². The predicted octanol–water partition coefficient (Wildman–Crippen LogP) is 3.07. The average molecular weight is 476 g/mol. The van der Waals surface area contributed by atoms with E-state index in [2.05, 4.69) is 22.5 Å². The van der Waals surface area contributed by atoms with E-state index in [0.717, 1.165) is 25.1 Å². The van der Waals surface area contributed by atoms with E-state index in [-0.39, 0.29) is 35.7 Å². The van der Waals surface area contributed by atoms with Gasteiger partial charge in [-0.25, -0.2) is 4.39 Å². The Bertz CT molecular complexity index is 624. The molecule has 1 atom stereocenters. The van der Waals surface area contributed by atoms with Crippen LogP contribution in [-0.4, -0.2) is 43.4 Å². The zero-order valence-corrected chi connectivity index (χ0v) is 18.2. The Morgan fingerprint density at radius 2 is 2.15 bits per heavy atom. The number of carbonyl (C=O) groups excluding carboxylic acids is 1. The Morgan fingerprint density at radius 3 is 2.81 bits per heavy atom. The first-order valence-corrected chi connectivity index (χ1v) is 8.97. The first-order valence-electron chi connectivity index (χ1n) is 8.97. The summed E-state index contributed by atoms with van der Waals surface area (Å²) in [6.45, 7) is 6.69. The van der Waals surface area contributed by atoms with E-state index in [1.165, 1.54) is 12.5 Å². The van der Waals surface area contributed by atoms with Gasteiger partial charge in [0.1, 0.15) is 5.82 Å². The van der Waals surface area contributed by atoms with Crippen LogP contribution in [0.15, 0.2) is 23.2 Å². The fourth-order valence-electron chi connectivity index (χ4n) is 3.01. The second kappa shape index (κ2) is 11.4. The Balaban J connectivity index is 0.00000338. The molecule has 1 aliphatic rings. The molecule has 1 aromatic carbocycles. The standard InChI is InChI=1S/C19H29FN4O.HI/c1-14-5-4-10-24(13-14)18(25)8-9-22-19(21-3)23-12-16-7-6-15(2)17(20)11-16;/h6-7,11,14H,4-5,8-10,12-13H2,1-3H3,(H2,21,22,23);1H. The molecule has 26 heavy (non-hydrogen) atoms. The molecule has 1 saturated heterocycles. The van der Waals surface area contributed by atoms with Crippen LogP contribution in [0.5, 0.6) is 0 Å². The van der Waals surface area contributed by atoms with E-state index >= 15 is 0 Å². The molecule has 2 rings (SSSR count). The highest BCUT2D eigenvalue weighted by atomic mass is 127. The molecule has 1 amide bonds. The van der Waals surface area contributed by atoms with Crippen molar-refractivity contribution in [3.8, 4) is 0 Å².